The molecular weight excluding hydrogens is 244 g/mol. The third kappa shape index (κ3) is 4.78. The van der Waals surface area contributed by atoms with Crippen molar-refractivity contribution in [3.8, 4) is 0 Å². The van der Waals surface area contributed by atoms with Gasteiger partial charge in [-0.25, -0.2) is 0 Å². The van der Waals surface area contributed by atoms with Crippen LogP contribution >= 0.6 is 0 Å². The normalized spacial score (nSPS) is 12.3. The van der Waals surface area contributed by atoms with Crippen molar-refractivity contribution >= 4 is 0 Å². The molecule has 106 valence electrons. The van der Waals surface area contributed by atoms with Gasteiger partial charge in [0.05, 0.1) is 0 Å². The molecule has 1 unspecified atom stereocenters. The molecule has 1 atom stereocenters. The number of aromatic nitrogens is 1. The second kappa shape index (κ2) is 7.81. The molecule has 1 heterocycles. The zero-order valence-corrected chi connectivity index (χ0v) is 12.5. The topological polar surface area (TPSA) is 24.9 Å². The van der Waals surface area contributed by atoms with Crippen molar-refractivity contribution in [2.45, 2.75) is 39.2 Å². The highest BCUT2D eigenvalue weighted by Crippen LogP contribution is 2.11. The highest BCUT2D eigenvalue weighted by atomic mass is 14.9. The summed E-state index contributed by atoms with van der Waals surface area (Å²) in [6, 6.07) is 13.6. The van der Waals surface area contributed by atoms with E-state index in [1.54, 1.807) is 0 Å². The van der Waals surface area contributed by atoms with Crippen molar-refractivity contribution < 1.29 is 0 Å². The first-order valence-corrected chi connectivity index (χ1v) is 7.48. The van der Waals surface area contributed by atoms with Gasteiger partial charge < -0.3 is 5.32 Å². The van der Waals surface area contributed by atoms with Gasteiger partial charge in [-0.15, -0.1) is 0 Å². The highest BCUT2D eigenvalue weighted by molar-refractivity contribution is 5.27. The monoisotopic (exact) mass is 268 g/mol. The summed E-state index contributed by atoms with van der Waals surface area (Å²) >= 11 is 0. The summed E-state index contributed by atoms with van der Waals surface area (Å²) in [5.74, 6) is 0. The van der Waals surface area contributed by atoms with Crippen LogP contribution in [0, 0.1) is 0 Å². The van der Waals surface area contributed by atoms with E-state index in [2.05, 4.69) is 54.5 Å². The third-order valence-electron chi connectivity index (χ3n) is 3.44. The largest absolute Gasteiger partial charge is 0.314 e. The summed E-state index contributed by atoms with van der Waals surface area (Å²) in [5, 5.41) is 3.53. The molecule has 2 heteroatoms. The van der Waals surface area contributed by atoms with E-state index >= 15 is 0 Å². The van der Waals surface area contributed by atoms with E-state index in [9.17, 15) is 0 Å². The Morgan fingerprint density at radius 1 is 1.05 bits per heavy atom. The maximum absolute atomic E-state index is 4.16. The molecule has 0 saturated carbocycles. The van der Waals surface area contributed by atoms with Crippen LogP contribution in [0.5, 0.6) is 0 Å². The van der Waals surface area contributed by atoms with Crippen LogP contribution in [-0.2, 0) is 12.8 Å². The number of rotatable bonds is 7. The number of pyridine rings is 1. The lowest BCUT2D eigenvalue weighted by atomic mass is 10.0. The van der Waals surface area contributed by atoms with Crippen LogP contribution in [0.25, 0.3) is 0 Å². The standard InChI is InChI=1S/C18H24N2/c1-3-10-20-15(2)12-16-6-8-17(9-7-16)13-18-5-4-11-19-14-18/h4-9,11,14-15,20H,3,10,12-13H2,1-2H3. The molecule has 1 aromatic heterocycles. The van der Waals surface area contributed by atoms with Crippen LogP contribution in [0.3, 0.4) is 0 Å². The van der Waals surface area contributed by atoms with Crippen molar-refractivity contribution in [3.05, 3.63) is 65.5 Å². The molecule has 0 aliphatic rings. The van der Waals surface area contributed by atoms with E-state index < -0.39 is 0 Å². The predicted molar refractivity (Wildman–Crippen MR) is 84.9 cm³/mol. The fourth-order valence-corrected chi connectivity index (χ4v) is 2.35. The number of hydrogen-bond donors (Lipinski definition) is 1. The summed E-state index contributed by atoms with van der Waals surface area (Å²) in [6.07, 6.45) is 6.99. The number of hydrogen-bond acceptors (Lipinski definition) is 2. The lowest BCUT2D eigenvalue weighted by molar-refractivity contribution is 0.543. The van der Waals surface area contributed by atoms with E-state index in [4.69, 9.17) is 0 Å². The zero-order valence-electron chi connectivity index (χ0n) is 12.5. The van der Waals surface area contributed by atoms with E-state index in [0.29, 0.717) is 6.04 Å². The minimum atomic E-state index is 0.541. The fourth-order valence-electron chi connectivity index (χ4n) is 2.35. The molecule has 2 nitrogen and oxygen atoms in total. The quantitative estimate of drug-likeness (QED) is 0.830. The van der Waals surface area contributed by atoms with Crippen LogP contribution in [-0.4, -0.2) is 17.6 Å². The van der Waals surface area contributed by atoms with Crippen molar-refractivity contribution in [3.63, 3.8) is 0 Å². The number of nitrogens with zero attached hydrogens (tertiary/aromatic N) is 1. The van der Waals surface area contributed by atoms with Gasteiger partial charge in [0.25, 0.3) is 0 Å². The summed E-state index contributed by atoms with van der Waals surface area (Å²) in [5.41, 5.74) is 4.00. The summed E-state index contributed by atoms with van der Waals surface area (Å²) in [4.78, 5) is 4.16. The Hall–Kier alpha value is -1.67. The van der Waals surface area contributed by atoms with Gasteiger partial charge in [-0.05, 0) is 55.5 Å². The van der Waals surface area contributed by atoms with Crippen LogP contribution < -0.4 is 5.32 Å². The molecule has 2 rings (SSSR count). The first kappa shape index (κ1) is 14.7. The molecule has 0 aliphatic carbocycles. The molecule has 20 heavy (non-hydrogen) atoms. The summed E-state index contributed by atoms with van der Waals surface area (Å²) < 4.78 is 0. The summed E-state index contributed by atoms with van der Waals surface area (Å²) in [6.45, 7) is 5.55. The van der Waals surface area contributed by atoms with Gasteiger partial charge in [-0.1, -0.05) is 37.3 Å². The van der Waals surface area contributed by atoms with Crippen molar-refractivity contribution in [1.82, 2.24) is 10.3 Å². The van der Waals surface area contributed by atoms with E-state index in [1.165, 1.54) is 23.1 Å². The molecule has 0 bridgehead atoms. The Labute approximate surface area is 122 Å². The van der Waals surface area contributed by atoms with Crippen LogP contribution in [0.2, 0.25) is 0 Å². The molecule has 1 aromatic carbocycles. The van der Waals surface area contributed by atoms with Crippen LogP contribution in [0.1, 0.15) is 37.0 Å². The molecule has 0 radical (unpaired) electrons. The molecule has 0 aliphatic heterocycles. The summed E-state index contributed by atoms with van der Waals surface area (Å²) in [7, 11) is 0. The van der Waals surface area contributed by atoms with Gasteiger partial charge in [0.2, 0.25) is 0 Å². The predicted octanol–water partition coefficient (Wildman–Crippen LogP) is 3.60. The lowest BCUT2D eigenvalue weighted by Gasteiger charge is -2.13. The average molecular weight is 268 g/mol. The Morgan fingerprint density at radius 2 is 1.80 bits per heavy atom. The zero-order chi connectivity index (χ0) is 14.2. The maximum atomic E-state index is 4.16. The Morgan fingerprint density at radius 3 is 2.45 bits per heavy atom. The van der Waals surface area contributed by atoms with Gasteiger partial charge in [-0.2, -0.15) is 0 Å². The van der Waals surface area contributed by atoms with Gasteiger partial charge in [0.15, 0.2) is 0 Å². The molecule has 2 aromatic rings. The average Bonchev–Trinajstić information content (AvgIpc) is 2.48. The van der Waals surface area contributed by atoms with Crippen molar-refractivity contribution in [2.24, 2.45) is 0 Å². The van der Waals surface area contributed by atoms with Crippen LogP contribution in [0.15, 0.2) is 48.8 Å². The van der Waals surface area contributed by atoms with Gasteiger partial charge >= 0.3 is 0 Å². The first-order valence-electron chi connectivity index (χ1n) is 7.48. The lowest BCUT2D eigenvalue weighted by Crippen LogP contribution is -2.28. The van der Waals surface area contributed by atoms with Crippen LogP contribution in [0.4, 0.5) is 0 Å². The smallest absolute Gasteiger partial charge is 0.0303 e. The molecule has 0 spiro atoms. The second-order valence-corrected chi connectivity index (χ2v) is 5.41. The Bertz CT molecular complexity index is 491. The van der Waals surface area contributed by atoms with Gasteiger partial charge in [-0.3, -0.25) is 4.98 Å². The minimum Gasteiger partial charge on any atom is -0.314 e. The number of nitrogens with one attached hydrogen (secondary N) is 1. The van der Waals surface area contributed by atoms with E-state index in [1.807, 2.05) is 18.5 Å². The number of benzene rings is 1. The molecule has 0 amide bonds. The molecular formula is C18H24N2. The molecule has 1 N–H and O–H groups in total. The third-order valence-corrected chi connectivity index (χ3v) is 3.44. The SMILES string of the molecule is CCCNC(C)Cc1ccc(Cc2cccnc2)cc1. The highest BCUT2D eigenvalue weighted by Gasteiger charge is 2.03. The van der Waals surface area contributed by atoms with Crippen molar-refractivity contribution in [2.75, 3.05) is 6.54 Å². The minimum absolute atomic E-state index is 0.541. The van der Waals surface area contributed by atoms with Gasteiger partial charge in [0, 0.05) is 18.4 Å². The second-order valence-electron chi connectivity index (χ2n) is 5.41. The maximum Gasteiger partial charge on any atom is 0.0303 e. The Balaban J connectivity index is 1.89. The van der Waals surface area contributed by atoms with E-state index in [0.717, 1.165) is 19.4 Å². The Kier molecular flexibility index (Phi) is 5.75. The fraction of sp³-hybridized carbons (Fsp3) is 0.389. The molecule has 0 fully saturated rings. The van der Waals surface area contributed by atoms with E-state index in [-0.39, 0.29) is 0 Å². The molecule has 0 saturated heterocycles. The first-order chi connectivity index (χ1) is 9.78. The van der Waals surface area contributed by atoms with Crippen molar-refractivity contribution in [1.29, 1.82) is 0 Å². The van der Waals surface area contributed by atoms with Gasteiger partial charge in [0.1, 0.15) is 0 Å².